The number of aliphatic hydroxyl groups is 1. The lowest BCUT2D eigenvalue weighted by molar-refractivity contribution is 0.0311. The second-order valence-electron chi connectivity index (χ2n) is 6.31. The Kier molecular flexibility index (Phi) is 4.81. The minimum Gasteiger partial charge on any atom is -0.392 e. The highest BCUT2D eigenvalue weighted by Gasteiger charge is 2.41. The van der Waals surface area contributed by atoms with E-state index in [0.29, 0.717) is 12.0 Å². The first-order chi connectivity index (χ1) is 7.38. The molecule has 0 amide bonds. The minimum atomic E-state index is -0.122. The third-order valence-electron chi connectivity index (χ3n) is 4.39. The quantitative estimate of drug-likeness (QED) is 0.780. The van der Waals surface area contributed by atoms with E-state index in [9.17, 15) is 5.11 Å². The molecule has 16 heavy (non-hydrogen) atoms. The summed E-state index contributed by atoms with van der Waals surface area (Å²) in [4.78, 5) is 2.42. The van der Waals surface area contributed by atoms with Gasteiger partial charge in [0.1, 0.15) is 0 Å². The zero-order valence-corrected chi connectivity index (χ0v) is 11.7. The molecule has 0 radical (unpaired) electrons. The molecule has 1 aliphatic rings. The fraction of sp³-hybridized carbons (Fsp3) is 1.00. The normalized spacial score (nSPS) is 30.9. The molecule has 0 bridgehead atoms. The molecule has 0 aromatic heterocycles. The van der Waals surface area contributed by atoms with E-state index < -0.39 is 0 Å². The summed E-state index contributed by atoms with van der Waals surface area (Å²) in [6.07, 6.45) is 4.71. The highest BCUT2D eigenvalue weighted by molar-refractivity contribution is 4.92. The smallest absolute Gasteiger partial charge is 0.0631 e. The van der Waals surface area contributed by atoms with Crippen molar-refractivity contribution in [2.45, 2.75) is 65.5 Å². The highest BCUT2D eigenvalue weighted by Crippen LogP contribution is 2.41. The largest absolute Gasteiger partial charge is 0.392 e. The Hall–Kier alpha value is -0.0800. The van der Waals surface area contributed by atoms with Crippen LogP contribution < -0.4 is 0 Å². The van der Waals surface area contributed by atoms with Gasteiger partial charge >= 0.3 is 0 Å². The van der Waals surface area contributed by atoms with Crippen molar-refractivity contribution in [1.29, 1.82) is 0 Å². The summed E-state index contributed by atoms with van der Waals surface area (Å²) in [7, 11) is 2.19. The number of nitrogens with zero attached hydrogens (tertiary/aromatic N) is 1. The summed E-state index contributed by atoms with van der Waals surface area (Å²) in [5, 5.41) is 10.3. The van der Waals surface area contributed by atoms with Crippen LogP contribution in [0.1, 0.15) is 53.4 Å². The van der Waals surface area contributed by atoms with Gasteiger partial charge < -0.3 is 10.0 Å². The van der Waals surface area contributed by atoms with Crippen LogP contribution in [-0.2, 0) is 0 Å². The van der Waals surface area contributed by atoms with Crippen LogP contribution in [0.5, 0.6) is 0 Å². The van der Waals surface area contributed by atoms with E-state index in [4.69, 9.17) is 0 Å². The van der Waals surface area contributed by atoms with Crippen LogP contribution >= 0.6 is 0 Å². The van der Waals surface area contributed by atoms with Gasteiger partial charge in [-0.05, 0) is 44.6 Å². The molecule has 0 heterocycles. The SMILES string of the molecule is CCCC(C)N(C)CC1CCC(C)(C)C1O. The van der Waals surface area contributed by atoms with E-state index in [1.54, 1.807) is 0 Å². The number of rotatable bonds is 5. The maximum Gasteiger partial charge on any atom is 0.0631 e. The lowest BCUT2D eigenvalue weighted by atomic mass is 9.87. The van der Waals surface area contributed by atoms with E-state index in [0.717, 1.165) is 13.0 Å². The van der Waals surface area contributed by atoms with Crippen molar-refractivity contribution in [3.63, 3.8) is 0 Å². The van der Waals surface area contributed by atoms with Gasteiger partial charge in [0, 0.05) is 12.6 Å². The zero-order chi connectivity index (χ0) is 12.3. The molecular formula is C14H29NO. The number of aliphatic hydroxyl groups excluding tert-OH is 1. The van der Waals surface area contributed by atoms with Crippen molar-refractivity contribution in [2.24, 2.45) is 11.3 Å². The molecule has 1 fully saturated rings. The van der Waals surface area contributed by atoms with Crippen LogP contribution in [0.4, 0.5) is 0 Å². The summed E-state index contributed by atoms with van der Waals surface area (Å²) in [5.74, 6) is 0.472. The fourth-order valence-corrected chi connectivity index (χ4v) is 2.88. The predicted molar refractivity (Wildman–Crippen MR) is 69.5 cm³/mol. The summed E-state index contributed by atoms with van der Waals surface area (Å²) < 4.78 is 0. The molecule has 2 nitrogen and oxygen atoms in total. The Labute approximate surface area is 101 Å². The van der Waals surface area contributed by atoms with E-state index in [-0.39, 0.29) is 11.5 Å². The topological polar surface area (TPSA) is 23.5 Å². The Balaban J connectivity index is 2.43. The molecule has 0 aromatic carbocycles. The molecule has 2 heteroatoms. The molecule has 1 N–H and O–H groups in total. The maximum absolute atomic E-state index is 10.3. The molecule has 1 saturated carbocycles. The molecule has 96 valence electrons. The van der Waals surface area contributed by atoms with Gasteiger partial charge in [0.25, 0.3) is 0 Å². The second kappa shape index (κ2) is 5.50. The summed E-state index contributed by atoms with van der Waals surface area (Å²) >= 11 is 0. The van der Waals surface area contributed by atoms with E-state index >= 15 is 0 Å². The van der Waals surface area contributed by atoms with Crippen LogP contribution in [0, 0.1) is 11.3 Å². The Morgan fingerprint density at radius 3 is 2.50 bits per heavy atom. The monoisotopic (exact) mass is 227 g/mol. The third-order valence-corrected chi connectivity index (χ3v) is 4.39. The van der Waals surface area contributed by atoms with Gasteiger partial charge in [-0.25, -0.2) is 0 Å². The van der Waals surface area contributed by atoms with Crippen molar-refractivity contribution >= 4 is 0 Å². The molecule has 3 atom stereocenters. The molecule has 0 spiro atoms. The van der Waals surface area contributed by atoms with Crippen molar-refractivity contribution in [2.75, 3.05) is 13.6 Å². The Morgan fingerprint density at radius 2 is 2.06 bits per heavy atom. The number of hydrogen-bond acceptors (Lipinski definition) is 2. The van der Waals surface area contributed by atoms with Gasteiger partial charge in [0.2, 0.25) is 0 Å². The molecule has 1 rings (SSSR count). The molecule has 0 aliphatic heterocycles. The Bertz CT molecular complexity index is 215. The lowest BCUT2D eigenvalue weighted by Crippen LogP contribution is -2.38. The van der Waals surface area contributed by atoms with Crippen LogP contribution in [0.3, 0.4) is 0 Å². The average Bonchev–Trinajstić information content (AvgIpc) is 2.45. The van der Waals surface area contributed by atoms with Crippen molar-refractivity contribution in [3.05, 3.63) is 0 Å². The van der Waals surface area contributed by atoms with Crippen molar-refractivity contribution in [1.82, 2.24) is 4.90 Å². The zero-order valence-electron chi connectivity index (χ0n) is 11.7. The van der Waals surface area contributed by atoms with Crippen molar-refractivity contribution in [3.8, 4) is 0 Å². The summed E-state index contributed by atoms with van der Waals surface area (Å²) in [6, 6.07) is 0.640. The van der Waals surface area contributed by atoms with Gasteiger partial charge in [-0.15, -0.1) is 0 Å². The van der Waals surface area contributed by atoms with Crippen LogP contribution in [0.2, 0.25) is 0 Å². The molecule has 0 saturated heterocycles. The first kappa shape index (κ1) is 14.0. The van der Waals surface area contributed by atoms with Crippen LogP contribution in [0.25, 0.3) is 0 Å². The standard InChI is InChI=1S/C14H29NO/c1-6-7-11(2)15(5)10-12-8-9-14(3,4)13(12)16/h11-13,16H,6-10H2,1-5H3. The molecular weight excluding hydrogens is 198 g/mol. The fourth-order valence-electron chi connectivity index (χ4n) is 2.88. The van der Waals surface area contributed by atoms with Gasteiger partial charge in [-0.1, -0.05) is 27.2 Å². The number of hydrogen-bond donors (Lipinski definition) is 1. The minimum absolute atomic E-state index is 0.122. The maximum atomic E-state index is 10.3. The van der Waals surface area contributed by atoms with E-state index in [1.165, 1.54) is 19.3 Å². The lowest BCUT2D eigenvalue weighted by Gasteiger charge is -2.31. The van der Waals surface area contributed by atoms with Gasteiger partial charge in [-0.3, -0.25) is 0 Å². The van der Waals surface area contributed by atoms with E-state index in [2.05, 4.69) is 39.6 Å². The van der Waals surface area contributed by atoms with Crippen LogP contribution in [-0.4, -0.2) is 35.7 Å². The van der Waals surface area contributed by atoms with Gasteiger partial charge in [0.05, 0.1) is 6.10 Å². The molecule has 1 aliphatic carbocycles. The summed E-state index contributed by atoms with van der Waals surface area (Å²) in [5.41, 5.74) is 0.125. The van der Waals surface area contributed by atoms with Crippen LogP contribution in [0.15, 0.2) is 0 Å². The Morgan fingerprint density at radius 1 is 1.44 bits per heavy atom. The van der Waals surface area contributed by atoms with Gasteiger partial charge in [-0.2, -0.15) is 0 Å². The summed E-state index contributed by atoms with van der Waals surface area (Å²) in [6.45, 7) is 9.94. The average molecular weight is 227 g/mol. The first-order valence-corrected chi connectivity index (χ1v) is 6.76. The van der Waals surface area contributed by atoms with Gasteiger partial charge in [0.15, 0.2) is 0 Å². The van der Waals surface area contributed by atoms with Crippen molar-refractivity contribution < 1.29 is 5.11 Å². The third kappa shape index (κ3) is 3.21. The first-order valence-electron chi connectivity index (χ1n) is 6.76. The molecule has 3 unspecified atom stereocenters. The highest BCUT2D eigenvalue weighted by atomic mass is 16.3. The molecule has 0 aromatic rings. The second-order valence-corrected chi connectivity index (χ2v) is 6.31. The predicted octanol–water partition coefficient (Wildman–Crippen LogP) is 2.90. The van der Waals surface area contributed by atoms with E-state index in [1.807, 2.05) is 0 Å².